The van der Waals surface area contributed by atoms with Crippen molar-refractivity contribution in [3.8, 4) is 11.5 Å². The van der Waals surface area contributed by atoms with Gasteiger partial charge in [-0.25, -0.2) is 9.97 Å². The summed E-state index contributed by atoms with van der Waals surface area (Å²) in [6, 6.07) is 4.70. The zero-order valence-corrected chi connectivity index (χ0v) is 13.3. The Bertz CT molecular complexity index is 924. The molecule has 2 heterocycles. The molecule has 122 valence electrons. The van der Waals surface area contributed by atoms with Crippen molar-refractivity contribution in [1.29, 1.82) is 0 Å². The smallest absolute Gasteiger partial charge is 0.250 e. The lowest BCUT2D eigenvalue weighted by atomic mass is 10.2. The molecule has 0 aliphatic carbocycles. The van der Waals surface area contributed by atoms with E-state index >= 15 is 0 Å². The Morgan fingerprint density at radius 1 is 1.29 bits per heavy atom. The van der Waals surface area contributed by atoms with Gasteiger partial charge in [0, 0.05) is 11.9 Å². The number of hydrogen-bond acceptors (Lipinski definition) is 7. The first kappa shape index (κ1) is 15.8. The van der Waals surface area contributed by atoms with Crippen molar-refractivity contribution in [1.82, 2.24) is 15.0 Å². The van der Waals surface area contributed by atoms with E-state index in [4.69, 9.17) is 27.5 Å². The predicted molar refractivity (Wildman–Crippen MR) is 89.9 cm³/mol. The molecular weight excluding hydrogens is 332 g/mol. The second kappa shape index (κ2) is 6.17. The molecule has 0 bridgehead atoms. The number of rotatable bonds is 4. The number of nitrogens with two attached hydrogens (primary N) is 2. The van der Waals surface area contributed by atoms with E-state index < -0.39 is 5.91 Å². The van der Waals surface area contributed by atoms with Crippen LogP contribution >= 0.6 is 11.6 Å². The lowest BCUT2D eigenvalue weighted by Gasteiger charge is -2.08. The molecule has 9 heteroatoms. The van der Waals surface area contributed by atoms with E-state index in [9.17, 15) is 4.79 Å². The molecule has 8 nitrogen and oxygen atoms in total. The minimum absolute atomic E-state index is 0.217. The van der Waals surface area contributed by atoms with Crippen molar-refractivity contribution in [3.05, 3.63) is 46.9 Å². The number of aryl methyl sites for hydroxylation is 1. The van der Waals surface area contributed by atoms with E-state index in [2.05, 4.69) is 20.3 Å². The summed E-state index contributed by atoms with van der Waals surface area (Å²) in [7, 11) is 0. The van der Waals surface area contributed by atoms with Crippen LogP contribution in [0, 0.1) is 6.92 Å². The average molecular weight is 345 g/mol. The van der Waals surface area contributed by atoms with E-state index in [0.717, 1.165) is 0 Å². The summed E-state index contributed by atoms with van der Waals surface area (Å²) < 4.78 is 5.41. The molecule has 0 unspecified atom stereocenters. The molecule has 0 aliphatic rings. The largest absolute Gasteiger partial charge is 0.441 e. The standard InChI is InChI=1S/C15H13ClN6O2/c1-7-5-19-14(24-7)10-6-20-15(22-12(10)17)21-8-2-3-9(13(18)23)11(16)4-8/h2-6H,1H3,(H2,18,23)(H3,17,20,21,22). The monoisotopic (exact) mass is 344 g/mol. The predicted octanol–water partition coefficient (Wildman–Crippen LogP) is 2.52. The van der Waals surface area contributed by atoms with E-state index in [1.54, 1.807) is 25.3 Å². The number of carbonyl (C=O) groups is 1. The van der Waals surface area contributed by atoms with Gasteiger partial charge in [0.2, 0.25) is 17.7 Å². The van der Waals surface area contributed by atoms with Gasteiger partial charge in [-0.3, -0.25) is 4.79 Å². The summed E-state index contributed by atoms with van der Waals surface area (Å²) in [6.45, 7) is 1.78. The Kier molecular flexibility index (Phi) is 4.05. The van der Waals surface area contributed by atoms with Gasteiger partial charge >= 0.3 is 0 Å². The molecule has 3 aromatic rings. The Morgan fingerprint density at radius 3 is 2.67 bits per heavy atom. The first-order chi connectivity index (χ1) is 11.4. The van der Waals surface area contributed by atoms with Crippen molar-refractivity contribution in [2.75, 3.05) is 11.1 Å². The highest BCUT2D eigenvalue weighted by Gasteiger charge is 2.12. The molecule has 0 saturated carbocycles. The number of nitrogen functional groups attached to an aromatic ring is 1. The first-order valence-corrected chi connectivity index (χ1v) is 7.23. The van der Waals surface area contributed by atoms with E-state index in [1.807, 2.05) is 0 Å². The summed E-state index contributed by atoms with van der Waals surface area (Å²) in [5, 5.41) is 3.17. The zero-order valence-electron chi connectivity index (χ0n) is 12.6. The molecule has 2 aromatic heterocycles. The van der Waals surface area contributed by atoms with E-state index in [0.29, 0.717) is 22.9 Å². The Balaban J connectivity index is 1.85. The molecule has 0 spiro atoms. The van der Waals surface area contributed by atoms with Crippen LogP contribution < -0.4 is 16.8 Å². The maximum Gasteiger partial charge on any atom is 0.250 e. The number of nitrogens with zero attached hydrogens (tertiary/aromatic N) is 3. The number of anilines is 3. The summed E-state index contributed by atoms with van der Waals surface area (Å²) >= 11 is 6.00. The maximum atomic E-state index is 11.2. The zero-order chi connectivity index (χ0) is 17.3. The Morgan fingerprint density at radius 2 is 2.08 bits per heavy atom. The van der Waals surface area contributed by atoms with Gasteiger partial charge in [-0.2, -0.15) is 4.98 Å². The lowest BCUT2D eigenvalue weighted by molar-refractivity contribution is 0.100. The van der Waals surface area contributed by atoms with Gasteiger partial charge in [0.05, 0.1) is 22.3 Å². The second-order valence-electron chi connectivity index (χ2n) is 4.95. The van der Waals surface area contributed by atoms with Crippen LogP contribution in [0.5, 0.6) is 0 Å². The third-order valence-corrected chi connectivity index (χ3v) is 3.47. The third kappa shape index (κ3) is 3.13. The van der Waals surface area contributed by atoms with Crippen LogP contribution in [-0.2, 0) is 0 Å². The fourth-order valence-electron chi connectivity index (χ4n) is 2.02. The number of halogens is 1. The van der Waals surface area contributed by atoms with Gasteiger partial charge in [-0.1, -0.05) is 11.6 Å². The van der Waals surface area contributed by atoms with Crippen LogP contribution in [0.1, 0.15) is 16.1 Å². The maximum absolute atomic E-state index is 11.2. The number of nitrogens with one attached hydrogen (secondary N) is 1. The minimum atomic E-state index is -0.599. The number of carbonyl (C=O) groups excluding carboxylic acids is 1. The summed E-state index contributed by atoms with van der Waals surface area (Å²) in [5.74, 6) is 0.899. The highest BCUT2D eigenvalue weighted by atomic mass is 35.5. The SMILES string of the molecule is Cc1cnc(-c2cnc(Nc3ccc(C(N)=O)c(Cl)c3)nc2N)o1. The van der Waals surface area contributed by atoms with E-state index in [1.165, 1.54) is 12.3 Å². The van der Waals surface area contributed by atoms with Gasteiger partial charge in [-0.05, 0) is 25.1 Å². The third-order valence-electron chi connectivity index (χ3n) is 3.16. The van der Waals surface area contributed by atoms with Gasteiger partial charge in [0.25, 0.3) is 0 Å². The fourth-order valence-corrected chi connectivity index (χ4v) is 2.29. The summed E-state index contributed by atoms with van der Waals surface area (Å²) in [6.07, 6.45) is 3.10. The van der Waals surface area contributed by atoms with E-state index in [-0.39, 0.29) is 22.4 Å². The van der Waals surface area contributed by atoms with Crippen molar-refractivity contribution < 1.29 is 9.21 Å². The van der Waals surface area contributed by atoms with Crippen LogP contribution in [0.2, 0.25) is 5.02 Å². The highest BCUT2D eigenvalue weighted by molar-refractivity contribution is 6.34. The van der Waals surface area contributed by atoms with Crippen LogP contribution in [0.25, 0.3) is 11.5 Å². The molecular formula is C15H13ClN6O2. The quantitative estimate of drug-likeness (QED) is 0.662. The van der Waals surface area contributed by atoms with Crippen LogP contribution in [0.3, 0.4) is 0 Å². The summed E-state index contributed by atoms with van der Waals surface area (Å²) in [4.78, 5) is 23.6. The molecule has 1 aromatic carbocycles. The van der Waals surface area contributed by atoms with Crippen LogP contribution in [0.15, 0.2) is 35.0 Å². The molecule has 5 N–H and O–H groups in total. The molecule has 0 aliphatic heterocycles. The number of amides is 1. The number of benzene rings is 1. The number of hydrogen-bond donors (Lipinski definition) is 3. The van der Waals surface area contributed by atoms with Crippen LogP contribution in [0.4, 0.5) is 17.5 Å². The molecule has 3 rings (SSSR count). The highest BCUT2D eigenvalue weighted by Crippen LogP contribution is 2.26. The van der Waals surface area contributed by atoms with Crippen molar-refractivity contribution >= 4 is 35.0 Å². The number of oxazole rings is 1. The van der Waals surface area contributed by atoms with Gasteiger partial charge in [0.15, 0.2) is 0 Å². The van der Waals surface area contributed by atoms with Gasteiger partial charge in [0.1, 0.15) is 11.6 Å². The van der Waals surface area contributed by atoms with Crippen molar-refractivity contribution in [3.63, 3.8) is 0 Å². The molecule has 0 atom stereocenters. The molecule has 24 heavy (non-hydrogen) atoms. The molecule has 0 fully saturated rings. The normalized spacial score (nSPS) is 10.6. The summed E-state index contributed by atoms with van der Waals surface area (Å²) in [5.41, 5.74) is 12.5. The second-order valence-corrected chi connectivity index (χ2v) is 5.36. The van der Waals surface area contributed by atoms with Crippen LogP contribution in [-0.4, -0.2) is 20.9 Å². The molecule has 0 radical (unpaired) electrons. The van der Waals surface area contributed by atoms with Gasteiger partial charge < -0.3 is 21.2 Å². The van der Waals surface area contributed by atoms with Crippen molar-refractivity contribution in [2.24, 2.45) is 5.73 Å². The fraction of sp³-hybridized carbons (Fsp3) is 0.0667. The number of primary amides is 1. The Hall–Kier alpha value is -3.13. The average Bonchev–Trinajstić information content (AvgIpc) is 2.93. The lowest BCUT2D eigenvalue weighted by Crippen LogP contribution is -2.11. The topological polar surface area (TPSA) is 133 Å². The Labute approximate surface area is 141 Å². The number of aromatic nitrogens is 3. The molecule has 1 amide bonds. The molecule has 0 saturated heterocycles. The first-order valence-electron chi connectivity index (χ1n) is 6.85. The van der Waals surface area contributed by atoms with Crippen molar-refractivity contribution in [2.45, 2.75) is 6.92 Å². The van der Waals surface area contributed by atoms with Gasteiger partial charge in [-0.15, -0.1) is 0 Å². The minimum Gasteiger partial charge on any atom is -0.441 e.